The summed E-state index contributed by atoms with van der Waals surface area (Å²) in [5.74, 6) is 1.24. The summed E-state index contributed by atoms with van der Waals surface area (Å²) in [5, 5.41) is 8.13. The number of sulfonamides is 1. The van der Waals surface area contributed by atoms with E-state index in [4.69, 9.17) is 14.6 Å². The fraction of sp³-hybridized carbons (Fsp3) is 0.409. The Hall–Kier alpha value is -2.62. The molecule has 3 rings (SSSR count). The van der Waals surface area contributed by atoms with Gasteiger partial charge in [0.2, 0.25) is 15.9 Å². The number of methoxy groups -OCH3 is 2. The number of benzene rings is 2. The quantitative estimate of drug-likeness (QED) is 0.611. The molecule has 3 N–H and O–H groups in total. The predicted octanol–water partition coefficient (Wildman–Crippen LogP) is 2.57. The van der Waals surface area contributed by atoms with Crippen LogP contribution in [0.2, 0.25) is 0 Å². The van der Waals surface area contributed by atoms with Crippen molar-refractivity contribution in [1.29, 1.82) is 0 Å². The van der Waals surface area contributed by atoms with Crippen LogP contribution in [0.25, 0.3) is 0 Å². The summed E-state index contributed by atoms with van der Waals surface area (Å²) in [7, 11) is -0.646. The number of amides is 1. The van der Waals surface area contributed by atoms with Crippen LogP contribution in [-0.2, 0) is 21.4 Å². The van der Waals surface area contributed by atoms with Crippen molar-refractivity contribution in [3.8, 4) is 11.5 Å². The molecule has 1 amide bonds. The molecule has 0 heterocycles. The van der Waals surface area contributed by atoms with Crippen LogP contribution in [0.3, 0.4) is 0 Å². The molecule has 1 aliphatic rings. The highest BCUT2D eigenvalue weighted by atomic mass is 32.2. The second-order valence-corrected chi connectivity index (χ2v) is 9.38. The molecule has 0 aromatic heterocycles. The third kappa shape index (κ3) is 5.75. The van der Waals surface area contributed by atoms with Gasteiger partial charge in [-0.1, -0.05) is 0 Å². The van der Waals surface area contributed by atoms with Crippen molar-refractivity contribution in [1.82, 2.24) is 4.90 Å². The van der Waals surface area contributed by atoms with E-state index in [1.54, 1.807) is 21.1 Å². The molecule has 9 heteroatoms. The molecule has 0 saturated heterocycles. The normalized spacial score (nSPS) is 13.9. The van der Waals surface area contributed by atoms with Crippen molar-refractivity contribution < 1.29 is 22.7 Å². The van der Waals surface area contributed by atoms with Gasteiger partial charge in [-0.15, -0.1) is 0 Å². The highest BCUT2D eigenvalue weighted by Crippen LogP contribution is 2.32. The van der Waals surface area contributed by atoms with Crippen LogP contribution in [0, 0.1) is 13.8 Å². The summed E-state index contributed by atoms with van der Waals surface area (Å²) < 4.78 is 34.3. The number of nitrogens with two attached hydrogens (primary N) is 1. The van der Waals surface area contributed by atoms with Crippen LogP contribution < -0.4 is 19.9 Å². The molecule has 0 atom stereocenters. The first-order chi connectivity index (χ1) is 14.6. The third-order valence-electron chi connectivity index (χ3n) is 5.51. The van der Waals surface area contributed by atoms with Gasteiger partial charge in [-0.05, 0) is 68.1 Å². The molecular weight excluding hydrogens is 418 g/mol. The van der Waals surface area contributed by atoms with Gasteiger partial charge in [-0.2, -0.15) is 0 Å². The third-order valence-corrected chi connectivity index (χ3v) is 6.41. The largest absolute Gasteiger partial charge is 0.497 e. The van der Waals surface area contributed by atoms with Crippen molar-refractivity contribution in [3.63, 3.8) is 0 Å². The van der Waals surface area contributed by atoms with Crippen molar-refractivity contribution >= 4 is 21.6 Å². The van der Waals surface area contributed by atoms with Gasteiger partial charge in [0.15, 0.2) is 0 Å². The monoisotopic (exact) mass is 447 g/mol. The standard InChI is InChI=1S/C22H29N3O5S/c1-14-9-19(31(23,27)28)11-20(15(14)2)24-22(26)13-25(17-5-6-17)12-16-10-18(29-3)7-8-21(16)30-4/h7-11,17H,5-6,12-13H2,1-4H3,(H,24,26)(H2,23,27,28). The Kier molecular flexibility index (Phi) is 6.88. The number of carbonyl (C=O) groups is 1. The SMILES string of the molecule is COc1ccc(OC)c(CN(CC(=O)Nc2cc(S(N)(=O)=O)cc(C)c2C)C2CC2)c1. The number of hydrogen-bond donors (Lipinski definition) is 2. The molecule has 168 valence electrons. The lowest BCUT2D eigenvalue weighted by Crippen LogP contribution is -2.34. The molecular formula is C22H29N3O5S. The van der Waals surface area contributed by atoms with E-state index < -0.39 is 10.0 Å². The molecule has 0 unspecified atom stereocenters. The van der Waals surface area contributed by atoms with Crippen LogP contribution in [0.5, 0.6) is 11.5 Å². The van der Waals surface area contributed by atoms with E-state index in [0.29, 0.717) is 18.3 Å². The van der Waals surface area contributed by atoms with Crippen molar-refractivity contribution in [3.05, 3.63) is 47.0 Å². The van der Waals surface area contributed by atoms with Gasteiger partial charge in [-0.3, -0.25) is 9.69 Å². The lowest BCUT2D eigenvalue weighted by atomic mass is 10.1. The first-order valence-electron chi connectivity index (χ1n) is 10.0. The molecule has 2 aromatic carbocycles. The average molecular weight is 448 g/mol. The van der Waals surface area contributed by atoms with Crippen molar-refractivity contribution in [2.24, 2.45) is 5.14 Å². The minimum absolute atomic E-state index is 0.0222. The molecule has 1 aliphatic carbocycles. The van der Waals surface area contributed by atoms with E-state index in [0.717, 1.165) is 41.0 Å². The van der Waals surface area contributed by atoms with Crippen LogP contribution in [0.15, 0.2) is 35.2 Å². The zero-order valence-corrected chi connectivity index (χ0v) is 19.1. The van der Waals surface area contributed by atoms with Gasteiger partial charge in [0, 0.05) is 23.8 Å². The highest BCUT2D eigenvalue weighted by Gasteiger charge is 2.31. The number of ether oxygens (including phenoxy) is 2. The highest BCUT2D eigenvalue weighted by molar-refractivity contribution is 7.89. The molecule has 1 fully saturated rings. The molecule has 0 aliphatic heterocycles. The number of anilines is 1. The van der Waals surface area contributed by atoms with E-state index in [1.807, 2.05) is 25.1 Å². The summed E-state index contributed by atoms with van der Waals surface area (Å²) >= 11 is 0. The lowest BCUT2D eigenvalue weighted by Gasteiger charge is -2.23. The summed E-state index contributed by atoms with van der Waals surface area (Å²) in [4.78, 5) is 14.9. The number of aryl methyl sites for hydroxylation is 1. The van der Waals surface area contributed by atoms with E-state index in [1.165, 1.54) is 12.1 Å². The van der Waals surface area contributed by atoms with Crippen LogP contribution in [0.1, 0.15) is 29.5 Å². The van der Waals surface area contributed by atoms with Gasteiger partial charge >= 0.3 is 0 Å². The summed E-state index contributed by atoms with van der Waals surface area (Å²) in [6, 6.07) is 8.83. The fourth-order valence-corrected chi connectivity index (χ4v) is 4.10. The molecule has 31 heavy (non-hydrogen) atoms. The van der Waals surface area contributed by atoms with Crippen molar-refractivity contribution in [2.45, 2.75) is 44.2 Å². The Morgan fingerprint density at radius 1 is 1.16 bits per heavy atom. The molecule has 8 nitrogen and oxygen atoms in total. The van der Waals surface area contributed by atoms with Gasteiger partial charge in [0.1, 0.15) is 11.5 Å². The van der Waals surface area contributed by atoms with E-state index in [2.05, 4.69) is 10.2 Å². The Balaban J connectivity index is 1.78. The zero-order chi connectivity index (χ0) is 22.8. The number of rotatable bonds is 9. The smallest absolute Gasteiger partial charge is 0.238 e. The second-order valence-electron chi connectivity index (χ2n) is 7.82. The molecule has 2 aromatic rings. The Bertz CT molecular complexity index is 1080. The van der Waals surface area contributed by atoms with E-state index in [-0.39, 0.29) is 17.3 Å². The van der Waals surface area contributed by atoms with Gasteiger partial charge in [0.25, 0.3) is 0 Å². The predicted molar refractivity (Wildman–Crippen MR) is 119 cm³/mol. The number of nitrogens with zero attached hydrogens (tertiary/aromatic N) is 1. The minimum Gasteiger partial charge on any atom is -0.497 e. The summed E-state index contributed by atoms with van der Waals surface area (Å²) in [6.07, 6.45) is 2.05. The second kappa shape index (κ2) is 9.25. The van der Waals surface area contributed by atoms with Crippen molar-refractivity contribution in [2.75, 3.05) is 26.1 Å². The van der Waals surface area contributed by atoms with Crippen LogP contribution in [0.4, 0.5) is 5.69 Å². The maximum Gasteiger partial charge on any atom is 0.238 e. The first-order valence-corrected chi connectivity index (χ1v) is 11.6. The van der Waals surface area contributed by atoms with Gasteiger partial charge < -0.3 is 14.8 Å². The fourth-order valence-electron chi connectivity index (χ4n) is 3.47. The number of hydrogen-bond acceptors (Lipinski definition) is 6. The van der Waals surface area contributed by atoms with Gasteiger partial charge in [-0.25, -0.2) is 13.6 Å². The topological polar surface area (TPSA) is 111 Å². The lowest BCUT2D eigenvalue weighted by molar-refractivity contribution is -0.117. The maximum atomic E-state index is 12.9. The minimum atomic E-state index is -3.87. The summed E-state index contributed by atoms with van der Waals surface area (Å²) in [5.41, 5.74) is 2.92. The maximum absolute atomic E-state index is 12.9. The van der Waals surface area contributed by atoms with Crippen LogP contribution >= 0.6 is 0 Å². The zero-order valence-electron chi connectivity index (χ0n) is 18.3. The number of primary sulfonamides is 1. The molecule has 0 bridgehead atoms. The van der Waals surface area contributed by atoms with Gasteiger partial charge in [0.05, 0.1) is 25.7 Å². The first kappa shape index (κ1) is 23.1. The molecule has 0 spiro atoms. The van der Waals surface area contributed by atoms with E-state index in [9.17, 15) is 13.2 Å². The Morgan fingerprint density at radius 2 is 1.87 bits per heavy atom. The average Bonchev–Trinajstić information content (AvgIpc) is 3.55. The van der Waals surface area contributed by atoms with Crippen LogP contribution in [-0.4, -0.2) is 46.0 Å². The number of nitrogens with one attached hydrogen (secondary N) is 1. The number of carbonyl (C=O) groups excluding carboxylic acids is 1. The summed E-state index contributed by atoms with van der Waals surface area (Å²) in [6.45, 7) is 4.32. The Morgan fingerprint density at radius 3 is 2.45 bits per heavy atom. The Labute approximate surface area is 183 Å². The molecule has 1 saturated carbocycles. The van der Waals surface area contributed by atoms with E-state index >= 15 is 0 Å². The molecule has 0 radical (unpaired) electrons.